The number of benzene rings is 2. The molecule has 0 saturated heterocycles. The predicted octanol–water partition coefficient (Wildman–Crippen LogP) is 3.14. The van der Waals surface area contributed by atoms with Crippen molar-refractivity contribution in [1.82, 2.24) is 10.2 Å². The van der Waals surface area contributed by atoms with Gasteiger partial charge in [0.15, 0.2) is 0 Å². The molecule has 1 unspecified atom stereocenters. The third-order valence-corrected chi connectivity index (χ3v) is 4.40. The van der Waals surface area contributed by atoms with E-state index in [4.69, 9.17) is 0 Å². The van der Waals surface area contributed by atoms with E-state index >= 15 is 0 Å². The molecule has 2 aromatic rings. The van der Waals surface area contributed by atoms with Gasteiger partial charge >= 0.3 is 0 Å². The summed E-state index contributed by atoms with van der Waals surface area (Å²) in [6.45, 7) is 5.30. The highest BCUT2D eigenvalue weighted by molar-refractivity contribution is 5.30. The van der Waals surface area contributed by atoms with Gasteiger partial charge in [0.05, 0.1) is 0 Å². The number of likely N-dealkylation sites (N-methyl/N-ethyl adjacent to an activating group) is 1. The Morgan fingerprint density at radius 1 is 1.05 bits per heavy atom. The third-order valence-electron chi connectivity index (χ3n) is 4.40. The summed E-state index contributed by atoms with van der Waals surface area (Å²) in [5, 5.41) is 3.66. The Labute approximate surface area is 127 Å². The summed E-state index contributed by atoms with van der Waals surface area (Å²) in [6.07, 6.45) is 1.13. The van der Waals surface area contributed by atoms with Gasteiger partial charge in [0.2, 0.25) is 0 Å². The smallest absolute Gasteiger partial charge is 0.0238 e. The van der Waals surface area contributed by atoms with Crippen LogP contribution in [0, 0.1) is 6.92 Å². The minimum absolute atomic E-state index is 0.550. The van der Waals surface area contributed by atoms with Gasteiger partial charge in [-0.3, -0.25) is 0 Å². The Bertz CT molecular complexity index is 606. The molecule has 0 radical (unpaired) electrons. The Kier molecular flexibility index (Phi) is 4.37. The zero-order valence-corrected chi connectivity index (χ0v) is 13.0. The Balaban J connectivity index is 1.59. The SMILES string of the molecule is Cc1ccccc1CN(C)CC1Cc2ccccc2CN1. The van der Waals surface area contributed by atoms with Crippen molar-refractivity contribution in [2.75, 3.05) is 13.6 Å². The number of hydrogen-bond acceptors (Lipinski definition) is 2. The van der Waals surface area contributed by atoms with E-state index in [-0.39, 0.29) is 0 Å². The summed E-state index contributed by atoms with van der Waals surface area (Å²) < 4.78 is 0. The van der Waals surface area contributed by atoms with Crippen molar-refractivity contribution < 1.29 is 0 Å². The Morgan fingerprint density at radius 3 is 2.57 bits per heavy atom. The normalized spacial score (nSPS) is 17.8. The van der Waals surface area contributed by atoms with Crippen molar-refractivity contribution in [3.63, 3.8) is 0 Å². The summed E-state index contributed by atoms with van der Waals surface area (Å²) in [6, 6.07) is 18.0. The highest BCUT2D eigenvalue weighted by Gasteiger charge is 2.18. The number of aryl methyl sites for hydroxylation is 1. The predicted molar refractivity (Wildman–Crippen MR) is 88.3 cm³/mol. The van der Waals surface area contributed by atoms with E-state index in [2.05, 4.69) is 72.7 Å². The van der Waals surface area contributed by atoms with Crippen LogP contribution in [-0.2, 0) is 19.5 Å². The van der Waals surface area contributed by atoms with Crippen LogP contribution in [-0.4, -0.2) is 24.5 Å². The van der Waals surface area contributed by atoms with Gasteiger partial charge in [-0.25, -0.2) is 0 Å². The highest BCUT2D eigenvalue weighted by atomic mass is 15.1. The second kappa shape index (κ2) is 6.42. The van der Waals surface area contributed by atoms with E-state index in [1.54, 1.807) is 0 Å². The van der Waals surface area contributed by atoms with Crippen LogP contribution >= 0.6 is 0 Å². The Hall–Kier alpha value is -1.64. The van der Waals surface area contributed by atoms with Gasteiger partial charge in [0, 0.05) is 25.7 Å². The molecule has 1 atom stereocenters. The maximum atomic E-state index is 3.66. The molecule has 3 rings (SSSR count). The molecule has 1 aliphatic heterocycles. The van der Waals surface area contributed by atoms with Crippen LogP contribution in [0.2, 0.25) is 0 Å². The Morgan fingerprint density at radius 2 is 1.76 bits per heavy atom. The summed E-state index contributed by atoms with van der Waals surface area (Å²) in [4.78, 5) is 2.42. The van der Waals surface area contributed by atoms with E-state index in [0.717, 1.165) is 26.1 Å². The molecule has 0 amide bonds. The van der Waals surface area contributed by atoms with Crippen LogP contribution in [0.4, 0.5) is 0 Å². The summed E-state index contributed by atoms with van der Waals surface area (Å²) in [5.74, 6) is 0. The zero-order chi connectivity index (χ0) is 14.7. The molecular formula is C19H24N2. The number of nitrogens with zero attached hydrogens (tertiary/aromatic N) is 1. The van der Waals surface area contributed by atoms with Crippen LogP contribution in [0.25, 0.3) is 0 Å². The van der Waals surface area contributed by atoms with Gasteiger partial charge in [-0.05, 0) is 42.6 Å². The molecule has 2 heteroatoms. The minimum atomic E-state index is 0.550. The molecule has 21 heavy (non-hydrogen) atoms. The number of fused-ring (bicyclic) bond motifs is 1. The van der Waals surface area contributed by atoms with Crippen molar-refractivity contribution >= 4 is 0 Å². The number of rotatable bonds is 4. The van der Waals surface area contributed by atoms with Crippen molar-refractivity contribution in [2.45, 2.75) is 32.5 Å². The molecular weight excluding hydrogens is 256 g/mol. The topological polar surface area (TPSA) is 15.3 Å². The van der Waals surface area contributed by atoms with Crippen molar-refractivity contribution in [2.24, 2.45) is 0 Å². The van der Waals surface area contributed by atoms with E-state index in [1.165, 1.54) is 22.3 Å². The molecule has 0 aliphatic carbocycles. The molecule has 2 aromatic carbocycles. The van der Waals surface area contributed by atoms with Crippen molar-refractivity contribution in [3.8, 4) is 0 Å². The average molecular weight is 280 g/mol. The highest BCUT2D eigenvalue weighted by Crippen LogP contribution is 2.17. The van der Waals surface area contributed by atoms with Crippen LogP contribution in [0.5, 0.6) is 0 Å². The molecule has 1 heterocycles. The van der Waals surface area contributed by atoms with Crippen LogP contribution in [0.15, 0.2) is 48.5 Å². The summed E-state index contributed by atoms with van der Waals surface area (Å²) >= 11 is 0. The molecule has 1 aliphatic rings. The first kappa shape index (κ1) is 14.3. The van der Waals surface area contributed by atoms with Gasteiger partial charge in [0.25, 0.3) is 0 Å². The number of nitrogens with one attached hydrogen (secondary N) is 1. The molecule has 0 aromatic heterocycles. The quantitative estimate of drug-likeness (QED) is 0.925. The van der Waals surface area contributed by atoms with Gasteiger partial charge in [-0.15, -0.1) is 0 Å². The average Bonchev–Trinajstić information content (AvgIpc) is 2.49. The first-order valence-corrected chi connectivity index (χ1v) is 7.75. The van der Waals surface area contributed by atoms with E-state index in [0.29, 0.717) is 6.04 Å². The fourth-order valence-electron chi connectivity index (χ4n) is 3.17. The number of hydrogen-bond donors (Lipinski definition) is 1. The van der Waals surface area contributed by atoms with Gasteiger partial charge in [0.1, 0.15) is 0 Å². The molecule has 0 saturated carbocycles. The fraction of sp³-hybridized carbons (Fsp3) is 0.368. The third kappa shape index (κ3) is 3.52. The molecule has 110 valence electrons. The first-order chi connectivity index (χ1) is 10.2. The van der Waals surface area contributed by atoms with Crippen molar-refractivity contribution in [3.05, 3.63) is 70.8 Å². The molecule has 0 bridgehead atoms. The monoisotopic (exact) mass is 280 g/mol. The fourth-order valence-corrected chi connectivity index (χ4v) is 3.17. The van der Waals surface area contributed by atoms with E-state index in [1.807, 2.05) is 0 Å². The molecule has 0 fully saturated rings. The standard InChI is InChI=1S/C19H24N2/c1-15-7-3-4-10-18(15)13-21(2)14-19-11-16-8-5-6-9-17(16)12-20-19/h3-10,19-20H,11-14H2,1-2H3. The second-order valence-corrected chi connectivity index (χ2v) is 6.17. The van der Waals surface area contributed by atoms with Gasteiger partial charge < -0.3 is 10.2 Å². The maximum absolute atomic E-state index is 3.66. The molecule has 1 N–H and O–H groups in total. The largest absolute Gasteiger partial charge is 0.308 e. The van der Waals surface area contributed by atoms with E-state index in [9.17, 15) is 0 Å². The first-order valence-electron chi connectivity index (χ1n) is 7.75. The van der Waals surface area contributed by atoms with Crippen LogP contribution in [0.3, 0.4) is 0 Å². The maximum Gasteiger partial charge on any atom is 0.0238 e. The lowest BCUT2D eigenvalue weighted by Crippen LogP contribution is -2.43. The summed E-state index contributed by atoms with van der Waals surface area (Å²) in [5.41, 5.74) is 5.77. The second-order valence-electron chi connectivity index (χ2n) is 6.17. The zero-order valence-electron chi connectivity index (χ0n) is 13.0. The lowest BCUT2D eigenvalue weighted by Gasteiger charge is -2.30. The lowest BCUT2D eigenvalue weighted by atomic mass is 9.95. The van der Waals surface area contributed by atoms with E-state index < -0.39 is 0 Å². The summed E-state index contributed by atoms with van der Waals surface area (Å²) in [7, 11) is 2.22. The minimum Gasteiger partial charge on any atom is -0.308 e. The van der Waals surface area contributed by atoms with Crippen LogP contribution in [0.1, 0.15) is 22.3 Å². The molecule has 2 nitrogen and oxygen atoms in total. The van der Waals surface area contributed by atoms with Gasteiger partial charge in [-0.1, -0.05) is 48.5 Å². The van der Waals surface area contributed by atoms with Gasteiger partial charge in [-0.2, -0.15) is 0 Å². The van der Waals surface area contributed by atoms with Crippen LogP contribution < -0.4 is 5.32 Å². The van der Waals surface area contributed by atoms with Crippen molar-refractivity contribution in [1.29, 1.82) is 0 Å². The lowest BCUT2D eigenvalue weighted by molar-refractivity contribution is 0.273. The molecule has 0 spiro atoms.